The van der Waals surface area contributed by atoms with Gasteiger partial charge < -0.3 is 27.2 Å². The molecule has 0 radical (unpaired) electrons. The molecule has 1 aliphatic heterocycles. The van der Waals surface area contributed by atoms with Crippen molar-refractivity contribution >= 4 is 36.6 Å². The van der Waals surface area contributed by atoms with Crippen LogP contribution in [-0.4, -0.2) is 53.9 Å². The van der Waals surface area contributed by atoms with E-state index < -0.39 is 6.04 Å². The zero-order chi connectivity index (χ0) is 22.7. The van der Waals surface area contributed by atoms with Crippen LogP contribution < -0.4 is 16.8 Å². The van der Waals surface area contributed by atoms with Gasteiger partial charge in [-0.15, -0.1) is 24.8 Å². The highest BCUT2D eigenvalue weighted by Crippen LogP contribution is 2.19. The average Bonchev–Trinajstić information content (AvgIpc) is 2.78. The predicted octanol–water partition coefficient (Wildman–Crippen LogP) is 4.27. The fraction of sp³-hybridized carbons (Fsp3) is 0.920. The van der Waals surface area contributed by atoms with Crippen LogP contribution in [0.4, 0.5) is 0 Å². The van der Waals surface area contributed by atoms with Crippen LogP contribution in [-0.2, 0) is 9.59 Å². The average molecular weight is 530 g/mol. The first-order valence-corrected chi connectivity index (χ1v) is 13.1. The maximum Gasteiger partial charge on any atom is 0.236 e. The van der Waals surface area contributed by atoms with E-state index in [1.165, 1.54) is 51.4 Å². The van der Waals surface area contributed by atoms with E-state index in [0.717, 1.165) is 51.5 Å². The topological polar surface area (TPSA) is 133 Å². The Balaban J connectivity index is -0.00000320. The van der Waals surface area contributed by atoms with Crippen molar-refractivity contribution in [2.45, 2.75) is 128 Å². The smallest absolute Gasteiger partial charge is 0.236 e. The molecule has 0 bridgehead atoms. The summed E-state index contributed by atoms with van der Waals surface area (Å²) in [5.41, 5.74) is 11.5. The molecule has 1 fully saturated rings. The van der Waals surface area contributed by atoms with Crippen molar-refractivity contribution in [1.82, 2.24) is 10.2 Å². The molecule has 0 aromatic carbocycles. The molecule has 206 valence electrons. The highest BCUT2D eigenvalue weighted by atomic mass is 35.5. The number of unbranched alkanes of at least 4 members (excludes halogenated alkanes) is 10. The van der Waals surface area contributed by atoms with E-state index >= 15 is 0 Å². The second-order valence-electron chi connectivity index (χ2n) is 9.30. The lowest BCUT2D eigenvalue weighted by Crippen LogP contribution is -2.51. The highest BCUT2D eigenvalue weighted by Gasteiger charge is 2.27. The zero-order valence-electron chi connectivity index (χ0n) is 21.5. The third-order valence-electron chi connectivity index (χ3n) is 6.51. The van der Waals surface area contributed by atoms with Gasteiger partial charge in [0.15, 0.2) is 0 Å². The first-order valence-electron chi connectivity index (χ1n) is 13.1. The van der Waals surface area contributed by atoms with E-state index in [1.807, 2.05) is 4.90 Å². The SMILES string of the molecule is CCCCCCCCCCCCC(=O)N1CCCCC1CNC(=O)[C@@H](N)CCCCN.Cl.Cl.O. The van der Waals surface area contributed by atoms with Gasteiger partial charge in [0.25, 0.3) is 0 Å². The number of piperidine rings is 1. The molecule has 1 saturated heterocycles. The molecular weight excluding hydrogens is 475 g/mol. The molecule has 0 saturated carbocycles. The van der Waals surface area contributed by atoms with Gasteiger partial charge in [-0.05, 0) is 45.1 Å². The van der Waals surface area contributed by atoms with Gasteiger partial charge in [0.05, 0.1) is 6.04 Å². The third kappa shape index (κ3) is 17.8. The molecule has 7 nitrogen and oxygen atoms in total. The molecule has 1 rings (SSSR count). The van der Waals surface area contributed by atoms with Gasteiger partial charge in [-0.2, -0.15) is 0 Å². The Kier molecular flexibility index (Phi) is 28.4. The van der Waals surface area contributed by atoms with Gasteiger partial charge in [0, 0.05) is 25.6 Å². The number of carbonyl (C=O) groups excluding carboxylic acids is 2. The molecule has 1 unspecified atom stereocenters. The van der Waals surface area contributed by atoms with E-state index in [1.54, 1.807) is 0 Å². The second kappa shape index (κ2) is 25.5. The second-order valence-corrected chi connectivity index (χ2v) is 9.30. The molecule has 1 heterocycles. The fourth-order valence-corrected chi connectivity index (χ4v) is 4.44. The minimum Gasteiger partial charge on any atom is -0.412 e. The minimum absolute atomic E-state index is 0. The number of amides is 2. The van der Waals surface area contributed by atoms with Crippen LogP contribution in [0.15, 0.2) is 0 Å². The van der Waals surface area contributed by atoms with Crippen molar-refractivity contribution in [3.8, 4) is 0 Å². The monoisotopic (exact) mass is 528 g/mol. The van der Waals surface area contributed by atoms with Crippen LogP contribution in [0, 0.1) is 0 Å². The van der Waals surface area contributed by atoms with Crippen LogP contribution in [0.3, 0.4) is 0 Å². The number of hydrogen-bond donors (Lipinski definition) is 3. The summed E-state index contributed by atoms with van der Waals surface area (Å²) in [6, 6.07) is -0.365. The number of likely N-dealkylation sites (tertiary alicyclic amines) is 1. The van der Waals surface area contributed by atoms with Gasteiger partial charge in [-0.1, -0.05) is 71.1 Å². The Morgan fingerprint density at radius 1 is 0.912 bits per heavy atom. The van der Waals surface area contributed by atoms with Crippen LogP contribution in [0.25, 0.3) is 0 Å². The molecule has 9 heteroatoms. The van der Waals surface area contributed by atoms with Crippen LogP contribution in [0.1, 0.15) is 116 Å². The number of nitrogens with two attached hydrogens (primary N) is 2. The molecule has 1 aliphatic rings. The van der Waals surface area contributed by atoms with Crippen molar-refractivity contribution in [2.75, 3.05) is 19.6 Å². The largest absolute Gasteiger partial charge is 0.412 e. The van der Waals surface area contributed by atoms with Crippen LogP contribution >= 0.6 is 24.8 Å². The van der Waals surface area contributed by atoms with Gasteiger partial charge in [-0.3, -0.25) is 9.59 Å². The number of nitrogens with zero attached hydrogens (tertiary/aromatic N) is 1. The highest BCUT2D eigenvalue weighted by molar-refractivity contribution is 5.85. The number of halogens is 2. The maximum absolute atomic E-state index is 12.8. The van der Waals surface area contributed by atoms with E-state index in [0.29, 0.717) is 25.9 Å². The van der Waals surface area contributed by atoms with E-state index in [4.69, 9.17) is 11.5 Å². The van der Waals surface area contributed by atoms with Crippen LogP contribution in [0.5, 0.6) is 0 Å². The lowest BCUT2D eigenvalue weighted by Gasteiger charge is -2.36. The molecule has 0 aromatic heterocycles. The van der Waals surface area contributed by atoms with Gasteiger partial charge in [0.2, 0.25) is 11.8 Å². The molecule has 0 aliphatic carbocycles. The van der Waals surface area contributed by atoms with Crippen molar-refractivity contribution < 1.29 is 15.1 Å². The van der Waals surface area contributed by atoms with E-state index in [9.17, 15) is 9.59 Å². The Morgan fingerprint density at radius 3 is 2.09 bits per heavy atom. The lowest BCUT2D eigenvalue weighted by molar-refractivity contribution is -0.135. The van der Waals surface area contributed by atoms with Crippen molar-refractivity contribution in [1.29, 1.82) is 0 Å². The number of nitrogens with one attached hydrogen (secondary N) is 1. The van der Waals surface area contributed by atoms with Crippen molar-refractivity contribution in [3.05, 3.63) is 0 Å². The van der Waals surface area contributed by atoms with Gasteiger partial charge in [0.1, 0.15) is 0 Å². The Labute approximate surface area is 221 Å². The fourth-order valence-electron chi connectivity index (χ4n) is 4.44. The summed E-state index contributed by atoms with van der Waals surface area (Å²) in [4.78, 5) is 27.0. The van der Waals surface area contributed by atoms with Crippen LogP contribution in [0.2, 0.25) is 0 Å². The Hall–Kier alpha value is -0.600. The third-order valence-corrected chi connectivity index (χ3v) is 6.51. The number of carbonyl (C=O) groups is 2. The number of rotatable bonds is 18. The Morgan fingerprint density at radius 2 is 1.50 bits per heavy atom. The van der Waals surface area contributed by atoms with Crippen molar-refractivity contribution in [2.24, 2.45) is 11.5 Å². The quantitative estimate of drug-likeness (QED) is 0.229. The molecule has 2 atom stereocenters. The summed E-state index contributed by atoms with van der Waals surface area (Å²) in [7, 11) is 0. The molecule has 2 amide bonds. The summed E-state index contributed by atoms with van der Waals surface area (Å²) in [6.07, 6.45) is 19.0. The first kappa shape index (κ1) is 37.9. The zero-order valence-corrected chi connectivity index (χ0v) is 23.2. The summed E-state index contributed by atoms with van der Waals surface area (Å²) < 4.78 is 0. The molecule has 0 aromatic rings. The summed E-state index contributed by atoms with van der Waals surface area (Å²) in [5.74, 6) is 0.149. The lowest BCUT2D eigenvalue weighted by atomic mass is 10.0. The summed E-state index contributed by atoms with van der Waals surface area (Å²) in [6.45, 7) is 4.23. The van der Waals surface area contributed by atoms with Gasteiger partial charge >= 0.3 is 0 Å². The number of hydrogen-bond acceptors (Lipinski definition) is 4. The normalized spacial score (nSPS) is 16.0. The maximum atomic E-state index is 12.8. The summed E-state index contributed by atoms with van der Waals surface area (Å²) >= 11 is 0. The van der Waals surface area contributed by atoms with E-state index in [2.05, 4.69) is 12.2 Å². The minimum atomic E-state index is -0.481. The van der Waals surface area contributed by atoms with E-state index in [-0.39, 0.29) is 48.1 Å². The van der Waals surface area contributed by atoms with Crippen molar-refractivity contribution in [3.63, 3.8) is 0 Å². The molecule has 7 N–H and O–H groups in total. The standard InChI is InChI=1S/C25H50N4O2.2ClH.H2O/c1-2-3-4-5-6-7-8-9-10-11-18-24(30)29-20-15-13-16-22(29)21-28-25(31)23(27)17-12-14-19-26;;;/h22-23H,2-21,26-27H2,1H3,(H,28,31);2*1H;1H2/t22?,23-;;;/m0.../s1. The molecule has 34 heavy (non-hydrogen) atoms. The first-order chi connectivity index (χ1) is 15.1. The predicted molar refractivity (Wildman–Crippen MR) is 148 cm³/mol. The Bertz CT molecular complexity index is 487. The van der Waals surface area contributed by atoms with Gasteiger partial charge in [-0.25, -0.2) is 0 Å². The molecular formula is C25H54Cl2N4O3. The summed E-state index contributed by atoms with van der Waals surface area (Å²) in [5, 5.41) is 2.98. The molecule has 0 spiro atoms.